The number of carbonyl (C=O) groups is 2. The lowest BCUT2D eigenvalue weighted by atomic mass is 10.0. The average Bonchev–Trinajstić information content (AvgIpc) is 3.32. The molecule has 2 fully saturated rings. The molecule has 9 heteroatoms. The number of nitrogens with one attached hydrogen (secondary N) is 1. The van der Waals surface area contributed by atoms with E-state index in [0.717, 1.165) is 21.8 Å². The lowest BCUT2D eigenvalue weighted by Crippen LogP contribution is -2.69. The van der Waals surface area contributed by atoms with Crippen LogP contribution in [0.1, 0.15) is 10.6 Å². The Bertz CT molecular complexity index is 1150. The third-order valence-corrected chi connectivity index (χ3v) is 6.95. The maximum Gasteiger partial charge on any atom is 0.248 e. The normalized spacial score (nSPS) is 20.8. The van der Waals surface area contributed by atoms with Gasteiger partial charge in [0.1, 0.15) is 22.9 Å². The number of carbonyl (C=O) groups excluding carboxylic acids is 2. The van der Waals surface area contributed by atoms with Gasteiger partial charge in [-0.3, -0.25) is 14.5 Å². The van der Waals surface area contributed by atoms with Crippen LogP contribution in [0.3, 0.4) is 0 Å². The number of fused-ring (bicyclic) bond motifs is 1. The maximum absolute atomic E-state index is 13.2. The number of rotatable bonds is 7. The van der Waals surface area contributed by atoms with E-state index in [9.17, 15) is 14.0 Å². The van der Waals surface area contributed by atoms with Crippen molar-refractivity contribution in [3.63, 3.8) is 0 Å². The second kappa shape index (κ2) is 10.0. The largest absolute Gasteiger partial charge is 0.374 e. The highest BCUT2D eigenvalue weighted by molar-refractivity contribution is 7.09. The highest BCUT2D eigenvalue weighted by atomic mass is 32.1. The number of halogens is 1. The first kappa shape index (κ1) is 22.6. The van der Waals surface area contributed by atoms with Crippen LogP contribution < -0.4 is 5.32 Å². The molecule has 0 radical (unpaired) electrons. The van der Waals surface area contributed by atoms with Crippen LogP contribution in [0, 0.1) is 5.82 Å². The molecule has 2 aliphatic heterocycles. The van der Waals surface area contributed by atoms with E-state index in [1.54, 1.807) is 17.0 Å². The quantitative estimate of drug-likeness (QED) is 0.563. The second-order valence-corrected chi connectivity index (χ2v) is 9.42. The Morgan fingerprint density at radius 1 is 1.09 bits per heavy atom. The van der Waals surface area contributed by atoms with E-state index in [1.165, 1.54) is 23.5 Å². The van der Waals surface area contributed by atoms with Crippen LogP contribution in [0.5, 0.6) is 0 Å². The Hall–Kier alpha value is -3.14. The number of amides is 2. The topological polar surface area (TPSA) is 74.8 Å². The average molecular weight is 481 g/mol. The fourth-order valence-corrected chi connectivity index (χ4v) is 5.16. The Morgan fingerprint density at radius 2 is 1.88 bits per heavy atom. The molecule has 0 spiro atoms. The molecule has 3 heterocycles. The minimum absolute atomic E-state index is 0.0924. The second-order valence-electron chi connectivity index (χ2n) is 8.48. The van der Waals surface area contributed by atoms with Crippen LogP contribution in [0.15, 0.2) is 60.0 Å². The lowest BCUT2D eigenvalue weighted by Gasteiger charge is -2.45. The van der Waals surface area contributed by atoms with Crippen LogP contribution in [0.4, 0.5) is 4.39 Å². The van der Waals surface area contributed by atoms with Gasteiger partial charge in [0.05, 0.1) is 25.5 Å². The van der Waals surface area contributed by atoms with Gasteiger partial charge in [-0.2, -0.15) is 0 Å². The molecule has 2 aliphatic rings. The number of nitrogens with zero attached hydrogens (tertiary/aromatic N) is 3. The number of thiazole rings is 1. The van der Waals surface area contributed by atoms with Gasteiger partial charge in [-0.25, -0.2) is 9.37 Å². The van der Waals surface area contributed by atoms with Crippen molar-refractivity contribution in [1.82, 2.24) is 20.1 Å². The molecule has 2 amide bonds. The Morgan fingerprint density at radius 3 is 2.68 bits per heavy atom. The van der Waals surface area contributed by atoms with Gasteiger partial charge in [0, 0.05) is 30.6 Å². The Balaban J connectivity index is 1.16. The molecule has 0 unspecified atom stereocenters. The molecule has 3 aromatic rings. The summed E-state index contributed by atoms with van der Waals surface area (Å²) in [7, 11) is 0. The molecule has 34 heavy (non-hydrogen) atoms. The Kier molecular flexibility index (Phi) is 6.66. The minimum Gasteiger partial charge on any atom is -0.374 e. The van der Waals surface area contributed by atoms with Crippen LogP contribution in [0.25, 0.3) is 11.3 Å². The maximum atomic E-state index is 13.2. The van der Waals surface area contributed by atoms with Crippen LogP contribution in [-0.4, -0.2) is 64.9 Å². The van der Waals surface area contributed by atoms with Crippen molar-refractivity contribution in [3.05, 3.63) is 76.4 Å². The van der Waals surface area contributed by atoms with Crippen molar-refractivity contribution in [2.24, 2.45) is 0 Å². The van der Waals surface area contributed by atoms with Crippen molar-refractivity contribution < 1.29 is 18.7 Å². The third kappa shape index (κ3) is 5.01. The summed E-state index contributed by atoms with van der Waals surface area (Å²) in [6.45, 7) is 2.76. The van der Waals surface area contributed by atoms with Gasteiger partial charge in [0.15, 0.2) is 0 Å². The molecule has 2 atom stereocenters. The summed E-state index contributed by atoms with van der Waals surface area (Å²) in [6, 6.07) is 14.8. The van der Waals surface area contributed by atoms with Gasteiger partial charge in [0.25, 0.3) is 0 Å². The molecule has 5 rings (SSSR count). The number of ether oxygens (including phenoxy) is 1. The fourth-order valence-electron chi connectivity index (χ4n) is 4.31. The van der Waals surface area contributed by atoms with Gasteiger partial charge in [-0.1, -0.05) is 30.3 Å². The first-order valence-electron chi connectivity index (χ1n) is 11.2. The standard InChI is InChI=1S/C25H25FN4O3S/c26-19-8-6-18(7-9-19)21-16-34-23(27-21)13-29-10-11-30-22(12-29)24(31)28-20(25(30)32)15-33-14-17-4-2-1-3-5-17/h1-9,16,20,22H,10-15H2,(H,28,31)/t20-,22+/m0/s1. The molecule has 7 nitrogen and oxygen atoms in total. The number of benzene rings is 2. The fraction of sp³-hybridized carbons (Fsp3) is 0.320. The van der Waals surface area contributed by atoms with Gasteiger partial charge >= 0.3 is 0 Å². The molecule has 176 valence electrons. The predicted octanol–water partition coefficient (Wildman–Crippen LogP) is 2.68. The van der Waals surface area contributed by atoms with Crippen molar-refractivity contribution >= 4 is 23.2 Å². The SMILES string of the molecule is O=C1N[C@@H](COCc2ccccc2)C(=O)N2CCN(Cc3nc(-c4ccc(F)cc4)cs3)C[C@H]12. The predicted molar refractivity (Wildman–Crippen MR) is 126 cm³/mol. The van der Waals surface area contributed by atoms with Gasteiger partial charge in [-0.15, -0.1) is 11.3 Å². The van der Waals surface area contributed by atoms with Gasteiger partial charge < -0.3 is 15.0 Å². The summed E-state index contributed by atoms with van der Waals surface area (Å²) in [4.78, 5) is 34.3. The van der Waals surface area contributed by atoms with E-state index >= 15 is 0 Å². The first-order valence-corrected chi connectivity index (χ1v) is 12.1. The van der Waals surface area contributed by atoms with Crippen LogP contribution >= 0.6 is 11.3 Å². The van der Waals surface area contributed by atoms with E-state index in [4.69, 9.17) is 4.74 Å². The summed E-state index contributed by atoms with van der Waals surface area (Å²) in [5.41, 5.74) is 2.70. The van der Waals surface area contributed by atoms with Crippen molar-refractivity contribution in [1.29, 1.82) is 0 Å². The van der Waals surface area contributed by atoms with E-state index < -0.39 is 12.1 Å². The van der Waals surface area contributed by atoms with Crippen LogP contribution in [0.2, 0.25) is 0 Å². The summed E-state index contributed by atoms with van der Waals surface area (Å²) in [6.07, 6.45) is 0. The van der Waals surface area contributed by atoms with Crippen LogP contribution in [-0.2, 0) is 27.5 Å². The number of aromatic nitrogens is 1. The van der Waals surface area contributed by atoms with Gasteiger partial charge in [-0.05, 0) is 29.8 Å². The number of hydrogen-bond donors (Lipinski definition) is 1. The highest BCUT2D eigenvalue weighted by Crippen LogP contribution is 2.24. The lowest BCUT2D eigenvalue weighted by molar-refractivity contribution is -0.155. The highest BCUT2D eigenvalue weighted by Gasteiger charge is 2.43. The molecule has 0 saturated carbocycles. The van der Waals surface area contributed by atoms with E-state index in [-0.39, 0.29) is 24.2 Å². The molecule has 1 N–H and O–H groups in total. The minimum atomic E-state index is -0.656. The monoisotopic (exact) mass is 480 g/mol. The van der Waals surface area contributed by atoms with Crippen molar-refractivity contribution in [2.45, 2.75) is 25.2 Å². The molecule has 0 aliphatic carbocycles. The molecule has 2 saturated heterocycles. The van der Waals surface area contributed by atoms with Crippen molar-refractivity contribution in [2.75, 3.05) is 26.2 Å². The summed E-state index contributed by atoms with van der Waals surface area (Å²) < 4.78 is 18.9. The van der Waals surface area contributed by atoms with Gasteiger partial charge in [0.2, 0.25) is 11.8 Å². The Labute approximate surface area is 201 Å². The third-order valence-electron chi connectivity index (χ3n) is 6.11. The van der Waals surface area contributed by atoms with E-state index in [2.05, 4.69) is 15.2 Å². The number of hydrogen-bond acceptors (Lipinski definition) is 6. The molecule has 1 aromatic heterocycles. The zero-order chi connectivity index (χ0) is 23.5. The summed E-state index contributed by atoms with van der Waals surface area (Å²) in [5.74, 6) is -0.517. The van der Waals surface area contributed by atoms with Crippen molar-refractivity contribution in [3.8, 4) is 11.3 Å². The molecule has 2 aromatic carbocycles. The zero-order valence-electron chi connectivity index (χ0n) is 18.5. The molecular weight excluding hydrogens is 455 g/mol. The summed E-state index contributed by atoms with van der Waals surface area (Å²) >= 11 is 1.54. The summed E-state index contributed by atoms with van der Waals surface area (Å²) in [5, 5.41) is 5.71. The zero-order valence-corrected chi connectivity index (χ0v) is 19.3. The van der Waals surface area contributed by atoms with E-state index in [1.807, 2.05) is 35.7 Å². The van der Waals surface area contributed by atoms with E-state index in [0.29, 0.717) is 32.8 Å². The first-order chi connectivity index (χ1) is 16.6. The number of piperazine rings is 2. The molecule has 0 bridgehead atoms. The molecular formula is C25H25FN4O3S. The smallest absolute Gasteiger partial charge is 0.248 e.